The Kier molecular flexibility index (Phi) is 2.06. The highest BCUT2D eigenvalue weighted by molar-refractivity contribution is 5.91. The minimum atomic E-state index is -4.34. The summed E-state index contributed by atoms with van der Waals surface area (Å²) in [7, 11) is 1.57. The quantitative estimate of drug-likeness (QED) is 0.767. The Morgan fingerprint density at radius 2 is 2.07 bits per heavy atom. The van der Waals surface area contributed by atoms with E-state index in [1.807, 2.05) is 0 Å². The van der Waals surface area contributed by atoms with E-state index in [4.69, 9.17) is 0 Å². The molecule has 0 radical (unpaired) electrons. The van der Waals surface area contributed by atoms with Crippen LogP contribution in [-0.4, -0.2) is 17.2 Å². The number of H-pyrrole nitrogens is 1. The fraction of sp³-hybridized carbons (Fsp3) is 0.222. The van der Waals surface area contributed by atoms with Crippen LogP contribution < -0.4 is 5.32 Å². The van der Waals surface area contributed by atoms with Crippen LogP contribution in [0.5, 0.6) is 0 Å². The molecule has 0 unspecified atom stereocenters. The number of alkyl halides is 3. The predicted octanol–water partition coefficient (Wildman–Crippen LogP) is 2.62. The third-order valence-electron chi connectivity index (χ3n) is 2.16. The maximum absolute atomic E-state index is 12.5. The monoisotopic (exact) mass is 215 g/mol. The molecule has 0 fully saturated rings. The van der Waals surface area contributed by atoms with Gasteiger partial charge in [0.25, 0.3) is 0 Å². The SMILES string of the molecule is CNc1cc(C(F)(F)F)cc2[nH]ncc12. The van der Waals surface area contributed by atoms with Crippen molar-refractivity contribution in [1.82, 2.24) is 10.2 Å². The van der Waals surface area contributed by atoms with Crippen LogP contribution in [0.2, 0.25) is 0 Å². The van der Waals surface area contributed by atoms with Gasteiger partial charge in [-0.15, -0.1) is 0 Å². The van der Waals surface area contributed by atoms with E-state index in [9.17, 15) is 13.2 Å². The van der Waals surface area contributed by atoms with Crippen LogP contribution >= 0.6 is 0 Å². The van der Waals surface area contributed by atoms with E-state index in [0.29, 0.717) is 16.6 Å². The second-order valence-electron chi connectivity index (χ2n) is 3.10. The molecule has 0 atom stereocenters. The highest BCUT2D eigenvalue weighted by Gasteiger charge is 2.31. The predicted molar refractivity (Wildman–Crippen MR) is 50.6 cm³/mol. The van der Waals surface area contributed by atoms with Gasteiger partial charge in [0.2, 0.25) is 0 Å². The number of fused-ring (bicyclic) bond motifs is 1. The van der Waals surface area contributed by atoms with Gasteiger partial charge in [0, 0.05) is 18.1 Å². The molecule has 0 saturated heterocycles. The van der Waals surface area contributed by atoms with E-state index in [-0.39, 0.29) is 0 Å². The number of aromatic amines is 1. The highest BCUT2D eigenvalue weighted by atomic mass is 19.4. The first kappa shape index (κ1) is 9.82. The van der Waals surface area contributed by atoms with Gasteiger partial charge in [-0.2, -0.15) is 18.3 Å². The van der Waals surface area contributed by atoms with Crippen molar-refractivity contribution in [3.05, 3.63) is 23.9 Å². The molecule has 2 aromatic rings. The summed E-state index contributed by atoms with van der Waals surface area (Å²) >= 11 is 0. The Morgan fingerprint density at radius 3 is 2.67 bits per heavy atom. The van der Waals surface area contributed by atoms with Crippen LogP contribution in [0.3, 0.4) is 0 Å². The van der Waals surface area contributed by atoms with Crippen LogP contribution in [0.1, 0.15) is 5.56 Å². The Labute approximate surface area is 83.3 Å². The maximum atomic E-state index is 12.5. The van der Waals surface area contributed by atoms with Crippen molar-refractivity contribution in [3.63, 3.8) is 0 Å². The molecule has 15 heavy (non-hydrogen) atoms. The van der Waals surface area contributed by atoms with Crippen LogP contribution in [0.15, 0.2) is 18.3 Å². The van der Waals surface area contributed by atoms with Gasteiger partial charge in [0.1, 0.15) is 0 Å². The minimum Gasteiger partial charge on any atom is -0.388 e. The van der Waals surface area contributed by atoms with Gasteiger partial charge in [0.15, 0.2) is 0 Å². The fourth-order valence-corrected chi connectivity index (χ4v) is 1.42. The third-order valence-corrected chi connectivity index (χ3v) is 2.16. The number of rotatable bonds is 1. The molecule has 0 amide bonds. The van der Waals surface area contributed by atoms with Crippen molar-refractivity contribution in [2.24, 2.45) is 0 Å². The van der Waals surface area contributed by atoms with Crippen molar-refractivity contribution in [3.8, 4) is 0 Å². The topological polar surface area (TPSA) is 40.7 Å². The van der Waals surface area contributed by atoms with Gasteiger partial charge >= 0.3 is 6.18 Å². The molecule has 1 aromatic carbocycles. The minimum absolute atomic E-state index is 0.370. The first-order chi connectivity index (χ1) is 7.02. The van der Waals surface area contributed by atoms with E-state index in [0.717, 1.165) is 12.1 Å². The van der Waals surface area contributed by atoms with Gasteiger partial charge in [-0.1, -0.05) is 0 Å². The highest BCUT2D eigenvalue weighted by Crippen LogP contribution is 2.34. The normalized spacial score (nSPS) is 12.0. The molecule has 1 aromatic heterocycles. The number of anilines is 1. The van der Waals surface area contributed by atoms with Crippen LogP contribution in [0.4, 0.5) is 18.9 Å². The summed E-state index contributed by atoms with van der Waals surface area (Å²) in [6.07, 6.45) is -2.85. The smallest absolute Gasteiger partial charge is 0.388 e. The Morgan fingerprint density at radius 1 is 1.33 bits per heavy atom. The summed E-state index contributed by atoms with van der Waals surface area (Å²) in [5, 5.41) is 9.57. The molecule has 2 rings (SSSR count). The Hall–Kier alpha value is -1.72. The summed E-state index contributed by atoms with van der Waals surface area (Å²) in [4.78, 5) is 0. The molecule has 1 heterocycles. The van der Waals surface area contributed by atoms with Gasteiger partial charge in [-0.3, -0.25) is 5.10 Å². The number of hydrogen-bond donors (Lipinski definition) is 2. The summed E-state index contributed by atoms with van der Waals surface area (Å²) in [5.74, 6) is 0. The molecule has 80 valence electrons. The van der Waals surface area contributed by atoms with Gasteiger partial charge in [0.05, 0.1) is 17.3 Å². The lowest BCUT2D eigenvalue weighted by molar-refractivity contribution is -0.137. The number of hydrogen-bond acceptors (Lipinski definition) is 2. The number of benzene rings is 1. The van der Waals surface area contributed by atoms with Gasteiger partial charge in [-0.05, 0) is 12.1 Å². The molecule has 6 heteroatoms. The zero-order chi connectivity index (χ0) is 11.1. The van der Waals surface area contributed by atoms with E-state index >= 15 is 0 Å². The van der Waals surface area contributed by atoms with Crippen LogP contribution in [0, 0.1) is 0 Å². The Balaban J connectivity index is 2.69. The third kappa shape index (κ3) is 1.62. The average molecular weight is 215 g/mol. The fourth-order valence-electron chi connectivity index (χ4n) is 1.42. The average Bonchev–Trinajstić information content (AvgIpc) is 2.62. The zero-order valence-electron chi connectivity index (χ0n) is 7.81. The molecule has 0 bridgehead atoms. The largest absolute Gasteiger partial charge is 0.416 e. The van der Waals surface area contributed by atoms with E-state index < -0.39 is 11.7 Å². The summed E-state index contributed by atoms with van der Waals surface area (Å²) in [6, 6.07) is 2.11. The van der Waals surface area contributed by atoms with Crippen LogP contribution in [-0.2, 0) is 6.18 Å². The maximum Gasteiger partial charge on any atom is 0.416 e. The van der Waals surface area contributed by atoms with E-state index in [1.165, 1.54) is 6.20 Å². The molecule has 0 aliphatic heterocycles. The molecule has 2 N–H and O–H groups in total. The lowest BCUT2D eigenvalue weighted by atomic mass is 10.1. The molecule has 0 spiro atoms. The Bertz CT molecular complexity index is 487. The zero-order valence-corrected chi connectivity index (χ0v) is 7.81. The lowest BCUT2D eigenvalue weighted by Crippen LogP contribution is -2.05. The summed E-state index contributed by atoms with van der Waals surface area (Å²) in [5.41, 5.74) is 0.0892. The van der Waals surface area contributed by atoms with Crippen molar-refractivity contribution in [2.45, 2.75) is 6.18 Å². The summed E-state index contributed by atoms with van der Waals surface area (Å²) in [6.45, 7) is 0. The number of aromatic nitrogens is 2. The first-order valence-corrected chi connectivity index (χ1v) is 4.24. The molecule has 0 aliphatic carbocycles. The molecule has 0 aliphatic rings. The first-order valence-electron chi connectivity index (χ1n) is 4.24. The molecular formula is C9H8F3N3. The van der Waals surface area contributed by atoms with E-state index in [1.54, 1.807) is 7.05 Å². The van der Waals surface area contributed by atoms with Gasteiger partial charge in [-0.25, -0.2) is 0 Å². The summed E-state index contributed by atoms with van der Waals surface area (Å²) < 4.78 is 37.4. The number of nitrogens with zero attached hydrogens (tertiary/aromatic N) is 1. The second kappa shape index (κ2) is 3.15. The second-order valence-corrected chi connectivity index (χ2v) is 3.10. The van der Waals surface area contributed by atoms with Crippen molar-refractivity contribution < 1.29 is 13.2 Å². The van der Waals surface area contributed by atoms with Crippen molar-refractivity contribution in [2.75, 3.05) is 12.4 Å². The van der Waals surface area contributed by atoms with Crippen LogP contribution in [0.25, 0.3) is 10.9 Å². The van der Waals surface area contributed by atoms with E-state index in [2.05, 4.69) is 15.5 Å². The van der Waals surface area contributed by atoms with Crippen molar-refractivity contribution in [1.29, 1.82) is 0 Å². The van der Waals surface area contributed by atoms with Crippen molar-refractivity contribution >= 4 is 16.6 Å². The number of nitrogens with one attached hydrogen (secondary N) is 2. The lowest BCUT2D eigenvalue weighted by Gasteiger charge is -2.09. The molecule has 3 nitrogen and oxygen atoms in total. The molecular weight excluding hydrogens is 207 g/mol. The van der Waals surface area contributed by atoms with Gasteiger partial charge < -0.3 is 5.32 Å². The standard InChI is InChI=1S/C9H8F3N3/c1-13-7-2-5(9(10,11)12)3-8-6(7)4-14-15-8/h2-4,13H,1H3,(H,14,15). The molecule has 0 saturated carbocycles. The number of halogens is 3.